The molecule has 1 heterocycles. The largest absolute Gasteiger partial charge is 0.409 e. The molecule has 0 unspecified atom stereocenters. The lowest BCUT2D eigenvalue weighted by Crippen LogP contribution is -2.35. The topological polar surface area (TPSA) is 101 Å². The molecule has 0 amide bonds. The van der Waals surface area contributed by atoms with E-state index < -0.39 is 0 Å². The van der Waals surface area contributed by atoms with Crippen LogP contribution in [0.25, 0.3) is 0 Å². The summed E-state index contributed by atoms with van der Waals surface area (Å²) < 4.78 is 1.69. The Morgan fingerprint density at radius 3 is 2.83 bits per heavy atom. The predicted octanol–water partition coefficient (Wildman–Crippen LogP) is 0.110. The lowest BCUT2D eigenvalue weighted by molar-refractivity contribution is 0.305. The zero-order valence-electron chi connectivity index (χ0n) is 11.2. The van der Waals surface area contributed by atoms with Gasteiger partial charge in [0.05, 0.1) is 0 Å². The molecule has 0 aliphatic carbocycles. The van der Waals surface area contributed by atoms with E-state index in [0.717, 1.165) is 31.8 Å². The number of hydrogen-bond donors (Lipinski definition) is 3. The average molecular weight is 254 g/mol. The monoisotopic (exact) mass is 254 g/mol. The van der Waals surface area contributed by atoms with Crippen molar-refractivity contribution in [3.8, 4) is 0 Å². The summed E-state index contributed by atoms with van der Waals surface area (Å²) in [5, 5.41) is 19.2. The molecule has 4 N–H and O–H groups in total. The molecule has 0 aromatic carbocycles. The maximum absolute atomic E-state index is 8.65. The van der Waals surface area contributed by atoms with Crippen molar-refractivity contribution in [3.05, 3.63) is 12.2 Å². The van der Waals surface area contributed by atoms with Gasteiger partial charge in [0.1, 0.15) is 12.2 Å². The highest BCUT2D eigenvalue weighted by Crippen LogP contribution is 2.19. The molecule has 18 heavy (non-hydrogen) atoms. The smallest absolute Gasteiger partial charge is 0.151 e. The summed E-state index contributed by atoms with van der Waals surface area (Å²) in [6.07, 6.45) is 3.29. The number of aromatic nitrogens is 3. The fourth-order valence-corrected chi connectivity index (χ4v) is 1.49. The second kappa shape index (κ2) is 6.34. The summed E-state index contributed by atoms with van der Waals surface area (Å²) in [7, 11) is 1.85. The quantitative estimate of drug-likeness (QED) is 0.211. The minimum atomic E-state index is -0.301. The van der Waals surface area contributed by atoms with Crippen LogP contribution in [0.4, 0.5) is 0 Å². The minimum Gasteiger partial charge on any atom is -0.409 e. The van der Waals surface area contributed by atoms with E-state index in [1.807, 2.05) is 20.9 Å². The third-order valence-corrected chi connectivity index (χ3v) is 2.90. The van der Waals surface area contributed by atoms with Crippen LogP contribution in [0.5, 0.6) is 0 Å². The summed E-state index contributed by atoms with van der Waals surface area (Å²) in [5.74, 6) is 1.09. The van der Waals surface area contributed by atoms with Gasteiger partial charge >= 0.3 is 0 Å². The van der Waals surface area contributed by atoms with Crippen LogP contribution in [0, 0.1) is 5.41 Å². The highest BCUT2D eigenvalue weighted by Gasteiger charge is 2.22. The molecular formula is C11H22N6O. The number of hydrogen-bond acceptors (Lipinski definition) is 5. The van der Waals surface area contributed by atoms with Gasteiger partial charge in [-0.05, 0) is 13.0 Å². The highest BCUT2D eigenvalue weighted by atomic mass is 16.4. The molecule has 102 valence electrons. The Bertz CT molecular complexity index is 398. The zero-order valence-corrected chi connectivity index (χ0v) is 11.2. The summed E-state index contributed by atoms with van der Waals surface area (Å²) in [6, 6.07) is 0. The molecular weight excluding hydrogens is 232 g/mol. The number of amidine groups is 1. The summed E-state index contributed by atoms with van der Waals surface area (Å²) in [5.41, 5.74) is 5.31. The Hall–Kier alpha value is -1.63. The van der Waals surface area contributed by atoms with Crippen LogP contribution in [0.15, 0.2) is 11.5 Å². The third kappa shape index (κ3) is 4.33. The molecule has 7 nitrogen and oxygen atoms in total. The molecule has 0 spiro atoms. The SMILES string of the molecule is Cn1cnc(CCNCCC(C)(C)C(N)=NO)n1. The first kappa shape index (κ1) is 14.4. The van der Waals surface area contributed by atoms with Crippen LogP contribution in [-0.2, 0) is 13.5 Å². The van der Waals surface area contributed by atoms with Gasteiger partial charge < -0.3 is 16.3 Å². The second-order valence-electron chi connectivity index (χ2n) is 4.95. The maximum Gasteiger partial charge on any atom is 0.151 e. The summed E-state index contributed by atoms with van der Waals surface area (Å²) >= 11 is 0. The fourth-order valence-electron chi connectivity index (χ4n) is 1.49. The molecule has 7 heteroatoms. The van der Waals surface area contributed by atoms with Gasteiger partial charge in [0.25, 0.3) is 0 Å². The van der Waals surface area contributed by atoms with Gasteiger partial charge in [-0.25, -0.2) is 4.98 Å². The number of oxime groups is 1. The lowest BCUT2D eigenvalue weighted by atomic mass is 9.88. The van der Waals surface area contributed by atoms with E-state index in [-0.39, 0.29) is 11.3 Å². The molecule has 1 aromatic heterocycles. The Kier molecular flexibility index (Phi) is 5.08. The zero-order chi connectivity index (χ0) is 13.6. The number of rotatable bonds is 7. The molecule has 1 rings (SSSR count). The number of aryl methyl sites for hydroxylation is 1. The van der Waals surface area contributed by atoms with E-state index in [1.54, 1.807) is 11.0 Å². The van der Waals surface area contributed by atoms with E-state index in [4.69, 9.17) is 10.9 Å². The van der Waals surface area contributed by atoms with Crippen molar-refractivity contribution in [2.75, 3.05) is 13.1 Å². The van der Waals surface area contributed by atoms with Gasteiger partial charge in [0.2, 0.25) is 0 Å². The van der Waals surface area contributed by atoms with Crippen molar-refractivity contribution >= 4 is 5.84 Å². The van der Waals surface area contributed by atoms with Crippen molar-refractivity contribution in [2.24, 2.45) is 23.4 Å². The molecule has 0 aliphatic heterocycles. The van der Waals surface area contributed by atoms with Crippen LogP contribution in [0.2, 0.25) is 0 Å². The maximum atomic E-state index is 8.65. The van der Waals surface area contributed by atoms with E-state index >= 15 is 0 Å². The van der Waals surface area contributed by atoms with Crippen LogP contribution in [-0.4, -0.2) is 38.9 Å². The van der Waals surface area contributed by atoms with E-state index in [1.165, 1.54) is 0 Å². The molecule has 1 aromatic rings. The Morgan fingerprint density at radius 2 is 2.28 bits per heavy atom. The van der Waals surface area contributed by atoms with Gasteiger partial charge in [0.15, 0.2) is 5.82 Å². The number of nitrogens with two attached hydrogens (primary N) is 1. The molecule has 0 fully saturated rings. The van der Waals surface area contributed by atoms with Gasteiger partial charge in [-0.3, -0.25) is 4.68 Å². The molecule has 0 bridgehead atoms. The Balaban J connectivity index is 2.19. The Morgan fingerprint density at radius 1 is 1.56 bits per heavy atom. The van der Waals surface area contributed by atoms with Crippen molar-refractivity contribution in [2.45, 2.75) is 26.7 Å². The first-order valence-electron chi connectivity index (χ1n) is 5.99. The molecule has 0 atom stereocenters. The van der Waals surface area contributed by atoms with E-state index in [0.29, 0.717) is 0 Å². The van der Waals surface area contributed by atoms with Crippen molar-refractivity contribution in [3.63, 3.8) is 0 Å². The minimum absolute atomic E-state index is 0.260. The van der Waals surface area contributed by atoms with Gasteiger partial charge in [-0.2, -0.15) is 5.10 Å². The van der Waals surface area contributed by atoms with Crippen molar-refractivity contribution < 1.29 is 5.21 Å². The molecule has 0 saturated heterocycles. The normalized spacial score (nSPS) is 12.9. The lowest BCUT2D eigenvalue weighted by Gasteiger charge is -2.22. The van der Waals surface area contributed by atoms with Crippen molar-refractivity contribution in [1.82, 2.24) is 20.1 Å². The molecule has 0 aliphatic rings. The van der Waals surface area contributed by atoms with E-state index in [9.17, 15) is 0 Å². The number of nitrogens with one attached hydrogen (secondary N) is 1. The van der Waals surface area contributed by atoms with Crippen LogP contribution < -0.4 is 11.1 Å². The van der Waals surface area contributed by atoms with E-state index in [2.05, 4.69) is 20.6 Å². The third-order valence-electron chi connectivity index (χ3n) is 2.90. The highest BCUT2D eigenvalue weighted by molar-refractivity contribution is 5.85. The second-order valence-corrected chi connectivity index (χ2v) is 4.95. The average Bonchev–Trinajstić information content (AvgIpc) is 2.73. The number of nitrogens with zero attached hydrogens (tertiary/aromatic N) is 4. The summed E-state index contributed by atoms with van der Waals surface area (Å²) in [4.78, 5) is 4.14. The molecule has 0 radical (unpaired) electrons. The van der Waals surface area contributed by atoms with Gasteiger partial charge in [0, 0.05) is 25.4 Å². The predicted molar refractivity (Wildman–Crippen MR) is 69.4 cm³/mol. The Labute approximate surface area is 107 Å². The fraction of sp³-hybridized carbons (Fsp3) is 0.727. The van der Waals surface area contributed by atoms with Crippen LogP contribution in [0.3, 0.4) is 0 Å². The van der Waals surface area contributed by atoms with Gasteiger partial charge in [-0.15, -0.1) is 0 Å². The molecule has 0 saturated carbocycles. The first-order valence-corrected chi connectivity index (χ1v) is 5.99. The van der Waals surface area contributed by atoms with Crippen molar-refractivity contribution in [1.29, 1.82) is 0 Å². The van der Waals surface area contributed by atoms with Crippen LogP contribution >= 0.6 is 0 Å². The first-order chi connectivity index (χ1) is 8.45. The summed E-state index contributed by atoms with van der Waals surface area (Å²) in [6.45, 7) is 5.51. The standard InChI is InChI=1S/C11H22N6O/c1-11(2,10(12)16-18)5-7-13-6-4-9-14-8-17(3)15-9/h8,13,18H,4-7H2,1-3H3,(H2,12,16). The van der Waals surface area contributed by atoms with Gasteiger partial charge in [-0.1, -0.05) is 19.0 Å². The van der Waals surface area contributed by atoms with Crippen LogP contribution in [0.1, 0.15) is 26.1 Å².